The third-order valence-corrected chi connectivity index (χ3v) is 3.14. The normalized spacial score (nSPS) is 11.1. The van der Waals surface area contributed by atoms with E-state index in [2.05, 4.69) is 20.3 Å². The molecule has 0 radical (unpaired) electrons. The molecule has 3 N–H and O–H groups in total. The third-order valence-electron chi connectivity index (χ3n) is 3.14. The van der Waals surface area contributed by atoms with Crippen molar-refractivity contribution in [3.63, 3.8) is 0 Å². The molecule has 6 heteroatoms. The van der Waals surface area contributed by atoms with Crippen molar-refractivity contribution in [2.24, 2.45) is 0 Å². The quantitative estimate of drug-likeness (QED) is 0.681. The van der Waals surface area contributed by atoms with E-state index in [1.807, 2.05) is 19.1 Å². The van der Waals surface area contributed by atoms with Crippen LogP contribution in [-0.2, 0) is 4.79 Å². The fraction of sp³-hybridized carbons (Fsp3) is 0.214. The first kappa shape index (κ1) is 12.4. The van der Waals surface area contributed by atoms with E-state index in [1.165, 1.54) is 0 Å². The molecule has 20 heavy (non-hydrogen) atoms. The van der Waals surface area contributed by atoms with Crippen LogP contribution in [0.15, 0.2) is 29.2 Å². The van der Waals surface area contributed by atoms with Gasteiger partial charge in [0.15, 0.2) is 0 Å². The van der Waals surface area contributed by atoms with Crippen molar-refractivity contribution in [3.05, 3.63) is 34.7 Å². The van der Waals surface area contributed by atoms with E-state index in [0.29, 0.717) is 17.3 Å². The number of hydrogen-bond acceptors (Lipinski definition) is 3. The lowest BCUT2D eigenvalue weighted by Gasteiger charge is -2.05. The number of carbonyl (C=O) groups excluding carboxylic acids is 1. The van der Waals surface area contributed by atoms with Gasteiger partial charge in [0.1, 0.15) is 0 Å². The van der Waals surface area contributed by atoms with Gasteiger partial charge in [-0.15, -0.1) is 0 Å². The molecule has 2 aromatic heterocycles. The molecule has 3 rings (SSSR count). The van der Waals surface area contributed by atoms with Crippen LogP contribution in [0.4, 0.5) is 5.95 Å². The summed E-state index contributed by atoms with van der Waals surface area (Å²) in [5.41, 5.74) is 1.19. The summed E-state index contributed by atoms with van der Waals surface area (Å²) in [6.45, 7) is 1.92. The largest absolute Gasteiger partial charge is 0.361 e. The SMILES string of the molecule is CCCC(=O)Nc1nc2ccc3[nH]ccc3c2c(=O)[nH]1. The number of anilines is 1. The molecule has 0 unspecified atom stereocenters. The lowest BCUT2D eigenvalue weighted by Crippen LogP contribution is -2.18. The number of nitrogens with zero attached hydrogens (tertiary/aromatic N) is 1. The smallest absolute Gasteiger partial charge is 0.260 e. The predicted octanol–water partition coefficient (Wildman–Crippen LogP) is 2.14. The number of aromatic amines is 2. The van der Waals surface area contributed by atoms with Crippen molar-refractivity contribution in [1.82, 2.24) is 15.0 Å². The number of fused-ring (bicyclic) bond motifs is 3. The third kappa shape index (κ3) is 2.05. The molecule has 0 spiro atoms. The summed E-state index contributed by atoms with van der Waals surface area (Å²) in [6, 6.07) is 5.46. The lowest BCUT2D eigenvalue weighted by atomic mass is 10.1. The van der Waals surface area contributed by atoms with Crippen LogP contribution in [0.2, 0.25) is 0 Å². The van der Waals surface area contributed by atoms with Gasteiger partial charge < -0.3 is 4.98 Å². The van der Waals surface area contributed by atoms with Crippen LogP contribution in [0.5, 0.6) is 0 Å². The zero-order chi connectivity index (χ0) is 14.1. The zero-order valence-electron chi connectivity index (χ0n) is 11.0. The summed E-state index contributed by atoms with van der Waals surface area (Å²) in [7, 11) is 0. The fourth-order valence-corrected chi connectivity index (χ4v) is 2.25. The van der Waals surface area contributed by atoms with Gasteiger partial charge >= 0.3 is 0 Å². The molecule has 0 saturated heterocycles. The van der Waals surface area contributed by atoms with Crippen LogP contribution >= 0.6 is 0 Å². The Labute approximate surface area is 114 Å². The van der Waals surface area contributed by atoms with Crippen LogP contribution in [0.3, 0.4) is 0 Å². The maximum Gasteiger partial charge on any atom is 0.260 e. The molecule has 6 nitrogen and oxygen atoms in total. The molecule has 0 aliphatic heterocycles. The van der Waals surface area contributed by atoms with Crippen LogP contribution in [0.1, 0.15) is 19.8 Å². The topological polar surface area (TPSA) is 90.6 Å². The minimum atomic E-state index is -0.257. The second-order valence-corrected chi connectivity index (χ2v) is 4.61. The van der Waals surface area contributed by atoms with E-state index in [9.17, 15) is 9.59 Å². The molecule has 0 bridgehead atoms. The number of rotatable bonds is 3. The number of amides is 1. The van der Waals surface area contributed by atoms with Crippen molar-refractivity contribution >= 4 is 33.7 Å². The molecule has 0 atom stereocenters. The van der Waals surface area contributed by atoms with Gasteiger partial charge in [0.25, 0.3) is 5.56 Å². The summed E-state index contributed by atoms with van der Waals surface area (Å²) in [4.78, 5) is 33.7. The molecular formula is C14H14N4O2. The molecule has 0 aliphatic rings. The number of aromatic nitrogens is 3. The minimum Gasteiger partial charge on any atom is -0.361 e. The van der Waals surface area contributed by atoms with Gasteiger partial charge in [0.05, 0.1) is 10.9 Å². The molecular weight excluding hydrogens is 256 g/mol. The maximum absolute atomic E-state index is 12.2. The maximum atomic E-state index is 12.2. The number of benzene rings is 1. The highest BCUT2D eigenvalue weighted by Crippen LogP contribution is 2.20. The Kier molecular flexibility index (Phi) is 2.98. The summed E-state index contributed by atoms with van der Waals surface area (Å²) < 4.78 is 0. The van der Waals surface area contributed by atoms with Crippen molar-refractivity contribution in [1.29, 1.82) is 0 Å². The zero-order valence-corrected chi connectivity index (χ0v) is 11.0. The first-order chi connectivity index (χ1) is 9.69. The van der Waals surface area contributed by atoms with Gasteiger partial charge in [0.2, 0.25) is 11.9 Å². The minimum absolute atomic E-state index is 0.155. The molecule has 0 fully saturated rings. The van der Waals surface area contributed by atoms with Crippen LogP contribution in [0.25, 0.3) is 21.8 Å². The standard InChI is InChI=1S/C14H14N4O2/c1-2-3-11(19)17-14-16-10-5-4-9-8(6-7-15-9)12(10)13(20)18-14/h4-7,15H,2-3H2,1H3,(H2,16,17,18,19,20). The molecule has 102 valence electrons. The van der Waals surface area contributed by atoms with E-state index in [-0.39, 0.29) is 17.4 Å². The van der Waals surface area contributed by atoms with Crippen LogP contribution < -0.4 is 10.9 Å². The second-order valence-electron chi connectivity index (χ2n) is 4.61. The highest BCUT2D eigenvalue weighted by atomic mass is 16.2. The molecule has 0 aliphatic carbocycles. The summed E-state index contributed by atoms with van der Waals surface area (Å²) in [5.74, 6) is 0.0357. The van der Waals surface area contributed by atoms with Gasteiger partial charge in [-0.25, -0.2) is 4.98 Å². The Balaban J connectivity index is 2.13. The van der Waals surface area contributed by atoms with Gasteiger partial charge in [-0.2, -0.15) is 0 Å². The molecule has 2 heterocycles. The van der Waals surface area contributed by atoms with Crippen LogP contribution in [-0.4, -0.2) is 20.9 Å². The summed E-state index contributed by atoms with van der Waals surface area (Å²) in [6.07, 6.45) is 2.92. The first-order valence-corrected chi connectivity index (χ1v) is 6.49. The van der Waals surface area contributed by atoms with Gasteiger partial charge in [-0.1, -0.05) is 6.92 Å². The van der Waals surface area contributed by atoms with E-state index >= 15 is 0 Å². The Hall–Kier alpha value is -2.63. The molecule has 0 saturated carbocycles. The number of nitrogens with one attached hydrogen (secondary N) is 3. The van der Waals surface area contributed by atoms with E-state index in [1.54, 1.807) is 12.3 Å². The van der Waals surface area contributed by atoms with E-state index in [4.69, 9.17) is 0 Å². The van der Waals surface area contributed by atoms with Gasteiger partial charge in [-0.05, 0) is 24.6 Å². The Morgan fingerprint density at radius 2 is 2.20 bits per heavy atom. The average Bonchev–Trinajstić information content (AvgIpc) is 2.86. The summed E-state index contributed by atoms with van der Waals surface area (Å²) >= 11 is 0. The fourth-order valence-electron chi connectivity index (χ4n) is 2.25. The Bertz CT molecular complexity index is 847. The predicted molar refractivity (Wildman–Crippen MR) is 77.8 cm³/mol. The second kappa shape index (κ2) is 4.80. The Morgan fingerprint density at radius 1 is 1.35 bits per heavy atom. The number of carbonyl (C=O) groups is 1. The van der Waals surface area contributed by atoms with E-state index in [0.717, 1.165) is 17.3 Å². The average molecular weight is 270 g/mol. The number of H-pyrrole nitrogens is 2. The first-order valence-electron chi connectivity index (χ1n) is 6.49. The molecule has 3 aromatic rings. The number of hydrogen-bond donors (Lipinski definition) is 3. The van der Waals surface area contributed by atoms with E-state index < -0.39 is 0 Å². The van der Waals surface area contributed by atoms with Crippen molar-refractivity contribution in [3.8, 4) is 0 Å². The lowest BCUT2D eigenvalue weighted by molar-refractivity contribution is -0.116. The van der Waals surface area contributed by atoms with Crippen LogP contribution in [0, 0.1) is 0 Å². The van der Waals surface area contributed by atoms with Crippen molar-refractivity contribution in [2.75, 3.05) is 5.32 Å². The van der Waals surface area contributed by atoms with Crippen molar-refractivity contribution < 1.29 is 4.79 Å². The highest BCUT2D eigenvalue weighted by molar-refractivity contribution is 6.05. The Morgan fingerprint density at radius 3 is 3.00 bits per heavy atom. The van der Waals surface area contributed by atoms with Gasteiger partial charge in [0, 0.05) is 23.5 Å². The summed E-state index contributed by atoms with van der Waals surface area (Å²) in [5, 5.41) is 3.95. The monoisotopic (exact) mass is 270 g/mol. The van der Waals surface area contributed by atoms with Crippen molar-refractivity contribution in [2.45, 2.75) is 19.8 Å². The molecule has 1 amide bonds. The van der Waals surface area contributed by atoms with Gasteiger partial charge in [-0.3, -0.25) is 19.9 Å². The highest BCUT2D eigenvalue weighted by Gasteiger charge is 2.10. The molecule has 1 aromatic carbocycles.